The lowest BCUT2D eigenvalue weighted by Crippen LogP contribution is -2.43. The number of nitrogens with zero attached hydrogens (tertiary/aromatic N) is 1. The van der Waals surface area contributed by atoms with E-state index in [4.69, 9.17) is 22.1 Å². The van der Waals surface area contributed by atoms with Crippen molar-refractivity contribution in [3.05, 3.63) is 23.2 Å². The van der Waals surface area contributed by atoms with E-state index in [9.17, 15) is 0 Å². The summed E-state index contributed by atoms with van der Waals surface area (Å²) in [5.74, 6) is 0.764. The van der Waals surface area contributed by atoms with Crippen molar-refractivity contribution in [3.63, 3.8) is 0 Å². The molecule has 2 aliphatic rings. The van der Waals surface area contributed by atoms with Crippen LogP contribution >= 0.6 is 11.6 Å². The highest BCUT2D eigenvalue weighted by molar-refractivity contribution is 6.32. The number of nitrogen functional groups attached to an aromatic ring is 1. The Labute approximate surface area is 113 Å². The Morgan fingerprint density at radius 2 is 1.94 bits per heavy atom. The quantitative estimate of drug-likeness (QED) is 0.837. The van der Waals surface area contributed by atoms with Gasteiger partial charge >= 0.3 is 0 Å². The summed E-state index contributed by atoms with van der Waals surface area (Å²) < 4.78 is 6.06. The molecule has 2 atom stereocenters. The highest BCUT2D eigenvalue weighted by Crippen LogP contribution is 2.37. The van der Waals surface area contributed by atoms with Crippen LogP contribution in [0.4, 0.5) is 5.69 Å². The average Bonchev–Trinajstić information content (AvgIpc) is 2.57. The first-order valence-electron chi connectivity index (χ1n) is 6.57. The molecule has 3 nitrogen and oxygen atoms in total. The van der Waals surface area contributed by atoms with Gasteiger partial charge in [0, 0.05) is 17.8 Å². The molecule has 0 spiro atoms. The number of benzene rings is 1. The summed E-state index contributed by atoms with van der Waals surface area (Å²) in [5, 5.41) is 0.612. The van der Waals surface area contributed by atoms with E-state index >= 15 is 0 Å². The zero-order valence-electron chi connectivity index (χ0n) is 10.6. The fourth-order valence-corrected chi connectivity index (χ4v) is 3.48. The molecule has 0 saturated carbocycles. The van der Waals surface area contributed by atoms with Gasteiger partial charge in [0.15, 0.2) is 0 Å². The van der Waals surface area contributed by atoms with E-state index in [1.807, 2.05) is 12.1 Å². The molecular weight excluding hydrogens is 248 g/mol. The van der Waals surface area contributed by atoms with Gasteiger partial charge in [0.2, 0.25) is 0 Å². The molecule has 1 aromatic rings. The average molecular weight is 267 g/mol. The second-order valence-corrected chi connectivity index (χ2v) is 5.86. The molecule has 2 aliphatic heterocycles. The molecule has 2 fully saturated rings. The van der Waals surface area contributed by atoms with Gasteiger partial charge in [-0.1, -0.05) is 11.6 Å². The first-order chi connectivity index (χ1) is 8.63. The highest BCUT2D eigenvalue weighted by Gasteiger charge is 2.39. The van der Waals surface area contributed by atoms with Crippen molar-refractivity contribution in [1.82, 2.24) is 4.90 Å². The van der Waals surface area contributed by atoms with Crippen molar-refractivity contribution in [2.45, 2.75) is 43.9 Å². The Bertz CT molecular complexity index is 437. The van der Waals surface area contributed by atoms with E-state index < -0.39 is 0 Å². The van der Waals surface area contributed by atoms with Crippen molar-refractivity contribution in [3.8, 4) is 5.75 Å². The van der Waals surface area contributed by atoms with E-state index in [-0.39, 0.29) is 0 Å². The lowest BCUT2D eigenvalue weighted by molar-refractivity contribution is 0.0662. The number of nitrogens with two attached hydrogens (primary N) is 1. The van der Waals surface area contributed by atoms with Gasteiger partial charge in [0.05, 0.1) is 5.02 Å². The maximum Gasteiger partial charge on any atom is 0.138 e. The van der Waals surface area contributed by atoms with E-state index in [1.165, 1.54) is 12.8 Å². The topological polar surface area (TPSA) is 38.5 Å². The number of rotatable bonds is 2. The van der Waals surface area contributed by atoms with Gasteiger partial charge in [-0.25, -0.2) is 0 Å². The number of hydrogen-bond acceptors (Lipinski definition) is 3. The standard InChI is InChI=1S/C14H19ClN2O/c1-17-10-3-4-11(17)8-12(7-10)18-14-5-2-9(16)6-13(14)15/h2,5-6,10-12H,3-4,7-8,16H2,1H3. The molecular formula is C14H19ClN2O. The number of piperidine rings is 1. The molecule has 2 bridgehead atoms. The highest BCUT2D eigenvalue weighted by atomic mass is 35.5. The number of halogens is 1. The summed E-state index contributed by atoms with van der Waals surface area (Å²) >= 11 is 6.15. The van der Waals surface area contributed by atoms with Crippen LogP contribution in [0.5, 0.6) is 5.75 Å². The number of fused-ring (bicyclic) bond motifs is 2. The van der Waals surface area contributed by atoms with Crippen molar-refractivity contribution in [2.24, 2.45) is 0 Å². The molecule has 2 saturated heterocycles. The van der Waals surface area contributed by atoms with Gasteiger partial charge in [-0.15, -0.1) is 0 Å². The van der Waals surface area contributed by atoms with Gasteiger partial charge in [-0.2, -0.15) is 0 Å². The van der Waals surface area contributed by atoms with Crippen LogP contribution in [0.1, 0.15) is 25.7 Å². The minimum absolute atomic E-state index is 0.292. The predicted octanol–water partition coefficient (Wildman–Crippen LogP) is 2.93. The van der Waals surface area contributed by atoms with Crippen LogP contribution in [0.2, 0.25) is 5.02 Å². The van der Waals surface area contributed by atoms with Crippen LogP contribution in [-0.2, 0) is 0 Å². The first kappa shape index (κ1) is 12.1. The molecule has 2 unspecified atom stereocenters. The molecule has 0 amide bonds. The fraction of sp³-hybridized carbons (Fsp3) is 0.571. The van der Waals surface area contributed by atoms with Gasteiger partial charge < -0.3 is 15.4 Å². The Morgan fingerprint density at radius 1 is 1.28 bits per heavy atom. The van der Waals surface area contributed by atoms with Gasteiger partial charge in [-0.05, 0) is 50.9 Å². The molecule has 2 heterocycles. The number of ether oxygens (including phenoxy) is 1. The Hall–Kier alpha value is -0.930. The Morgan fingerprint density at radius 3 is 2.56 bits per heavy atom. The molecule has 0 aliphatic carbocycles. The summed E-state index contributed by atoms with van der Waals surface area (Å²) in [5.41, 5.74) is 6.36. The van der Waals surface area contributed by atoms with Crippen LogP contribution in [0.15, 0.2) is 18.2 Å². The second-order valence-electron chi connectivity index (χ2n) is 5.45. The fourth-order valence-electron chi connectivity index (χ4n) is 3.25. The Kier molecular flexibility index (Phi) is 3.12. The summed E-state index contributed by atoms with van der Waals surface area (Å²) in [7, 11) is 2.23. The predicted molar refractivity (Wildman–Crippen MR) is 74.1 cm³/mol. The van der Waals surface area contributed by atoms with Crippen molar-refractivity contribution < 1.29 is 4.74 Å². The van der Waals surface area contributed by atoms with E-state index in [1.54, 1.807) is 6.07 Å². The smallest absolute Gasteiger partial charge is 0.138 e. The van der Waals surface area contributed by atoms with E-state index in [0.717, 1.165) is 18.6 Å². The zero-order valence-corrected chi connectivity index (χ0v) is 11.4. The first-order valence-corrected chi connectivity index (χ1v) is 6.95. The zero-order chi connectivity index (χ0) is 12.7. The summed E-state index contributed by atoms with van der Waals surface area (Å²) in [6.07, 6.45) is 5.11. The molecule has 0 radical (unpaired) electrons. The Balaban J connectivity index is 1.70. The largest absolute Gasteiger partial charge is 0.489 e. The van der Waals surface area contributed by atoms with Gasteiger partial charge in [0.25, 0.3) is 0 Å². The third kappa shape index (κ3) is 2.17. The monoisotopic (exact) mass is 266 g/mol. The van der Waals surface area contributed by atoms with Crippen LogP contribution in [0.25, 0.3) is 0 Å². The molecule has 18 heavy (non-hydrogen) atoms. The molecule has 0 aromatic heterocycles. The third-order valence-corrected chi connectivity index (χ3v) is 4.60. The molecule has 1 aromatic carbocycles. The van der Waals surface area contributed by atoms with Crippen LogP contribution in [0, 0.1) is 0 Å². The summed E-state index contributed by atoms with van der Waals surface area (Å²) in [6, 6.07) is 6.82. The molecule has 98 valence electrons. The third-order valence-electron chi connectivity index (χ3n) is 4.30. The molecule has 3 rings (SSSR count). The normalized spacial score (nSPS) is 31.6. The maximum absolute atomic E-state index is 6.15. The van der Waals surface area contributed by atoms with Crippen LogP contribution in [0.3, 0.4) is 0 Å². The van der Waals surface area contributed by atoms with Crippen molar-refractivity contribution in [1.29, 1.82) is 0 Å². The van der Waals surface area contributed by atoms with E-state index in [0.29, 0.717) is 28.9 Å². The SMILES string of the molecule is CN1C2CCC1CC(Oc1ccc(N)cc1Cl)C2. The van der Waals surface area contributed by atoms with Gasteiger partial charge in [0.1, 0.15) is 11.9 Å². The second kappa shape index (κ2) is 4.63. The molecule has 2 N–H and O–H groups in total. The van der Waals surface area contributed by atoms with Gasteiger partial charge in [-0.3, -0.25) is 0 Å². The minimum Gasteiger partial charge on any atom is -0.489 e. The minimum atomic E-state index is 0.292. The van der Waals surface area contributed by atoms with E-state index in [2.05, 4.69) is 11.9 Å². The lowest BCUT2D eigenvalue weighted by Gasteiger charge is -2.36. The maximum atomic E-state index is 6.15. The van der Waals surface area contributed by atoms with Crippen LogP contribution < -0.4 is 10.5 Å². The van der Waals surface area contributed by atoms with Crippen molar-refractivity contribution in [2.75, 3.05) is 12.8 Å². The molecule has 4 heteroatoms. The number of anilines is 1. The lowest BCUT2D eigenvalue weighted by atomic mass is 10.0. The summed E-state index contributed by atoms with van der Waals surface area (Å²) in [4.78, 5) is 2.50. The van der Waals surface area contributed by atoms with Crippen LogP contribution in [-0.4, -0.2) is 30.1 Å². The number of hydrogen-bond donors (Lipinski definition) is 1. The summed E-state index contributed by atoms with van der Waals surface area (Å²) in [6.45, 7) is 0. The van der Waals surface area contributed by atoms with Crippen molar-refractivity contribution >= 4 is 17.3 Å².